The van der Waals surface area contributed by atoms with Gasteiger partial charge in [0.05, 0.1) is 22.6 Å². The van der Waals surface area contributed by atoms with Gasteiger partial charge in [0.15, 0.2) is 5.82 Å². The van der Waals surface area contributed by atoms with Gasteiger partial charge < -0.3 is 4.74 Å². The minimum absolute atomic E-state index is 0.0221. The summed E-state index contributed by atoms with van der Waals surface area (Å²) in [5.41, 5.74) is 1.86. The van der Waals surface area contributed by atoms with E-state index in [4.69, 9.17) is 27.9 Å². The van der Waals surface area contributed by atoms with Crippen LogP contribution in [-0.2, 0) is 10.9 Å². The van der Waals surface area contributed by atoms with Gasteiger partial charge in [-0.05, 0) is 23.3 Å². The third-order valence-electron chi connectivity index (χ3n) is 3.91. The summed E-state index contributed by atoms with van der Waals surface area (Å²) in [6, 6.07) is 14.8. The highest BCUT2D eigenvalue weighted by molar-refractivity contribution is 7.67. The molecule has 1 aliphatic heterocycles. The zero-order valence-corrected chi connectivity index (χ0v) is 15.8. The summed E-state index contributed by atoms with van der Waals surface area (Å²) in [5.74, 6) is 2.00. The Kier molecular flexibility index (Phi) is 6.00. The molecule has 0 radical (unpaired) electrons. The standard InChI is InChI=1S/C18H19Cl2NO3P/c19-16-7-6-14(8-17(16)20)18-10-24-15(9-21-18)12-25(22,23)11-13-4-2-1-3-5-13/h1-8,12,18,21-23H,9-11H2/q+1/t18-/m0/s1. The van der Waals surface area contributed by atoms with E-state index < -0.39 is 7.72 Å². The fourth-order valence-electron chi connectivity index (χ4n) is 2.68. The van der Waals surface area contributed by atoms with Crippen molar-refractivity contribution in [1.82, 2.24) is 5.32 Å². The van der Waals surface area contributed by atoms with Crippen molar-refractivity contribution in [3.05, 3.63) is 81.3 Å². The van der Waals surface area contributed by atoms with Gasteiger partial charge >= 0.3 is 7.72 Å². The predicted octanol–water partition coefficient (Wildman–Crippen LogP) is 4.53. The van der Waals surface area contributed by atoms with Gasteiger partial charge in [-0.25, -0.2) is 9.79 Å². The average molecular weight is 399 g/mol. The third-order valence-corrected chi connectivity index (χ3v) is 6.18. The summed E-state index contributed by atoms with van der Waals surface area (Å²) in [7, 11) is -3.20. The normalized spacial score (nSPS) is 19.7. The second kappa shape index (κ2) is 8.05. The molecule has 0 aliphatic carbocycles. The highest BCUT2D eigenvalue weighted by atomic mass is 35.5. The van der Waals surface area contributed by atoms with E-state index >= 15 is 0 Å². The Morgan fingerprint density at radius 1 is 1.12 bits per heavy atom. The number of hydrogen-bond acceptors (Lipinski definition) is 4. The molecular weight excluding hydrogens is 380 g/mol. The fraction of sp³-hybridized carbons (Fsp3) is 0.222. The van der Waals surface area contributed by atoms with Crippen LogP contribution >= 0.6 is 30.9 Å². The van der Waals surface area contributed by atoms with Crippen LogP contribution in [-0.4, -0.2) is 22.9 Å². The van der Waals surface area contributed by atoms with E-state index in [0.717, 1.165) is 11.1 Å². The van der Waals surface area contributed by atoms with E-state index in [9.17, 15) is 9.79 Å². The molecular formula is C18H19Cl2NO3P+. The Bertz CT molecular complexity index is 758. The molecule has 0 spiro atoms. The van der Waals surface area contributed by atoms with Crippen LogP contribution in [0.25, 0.3) is 0 Å². The zero-order chi connectivity index (χ0) is 17.9. The molecule has 1 fully saturated rings. The van der Waals surface area contributed by atoms with Crippen molar-refractivity contribution < 1.29 is 14.5 Å². The molecule has 1 heterocycles. The topological polar surface area (TPSA) is 61.7 Å². The number of benzene rings is 2. The lowest BCUT2D eigenvalue weighted by Crippen LogP contribution is -2.33. The molecule has 4 nitrogen and oxygen atoms in total. The molecule has 2 aromatic carbocycles. The quantitative estimate of drug-likeness (QED) is 0.662. The van der Waals surface area contributed by atoms with E-state index in [1.165, 1.54) is 5.82 Å². The summed E-state index contributed by atoms with van der Waals surface area (Å²) in [5, 5.41) is 4.33. The van der Waals surface area contributed by atoms with Crippen LogP contribution in [0.2, 0.25) is 10.0 Å². The van der Waals surface area contributed by atoms with Gasteiger partial charge in [0, 0.05) is 0 Å². The van der Waals surface area contributed by atoms with Crippen LogP contribution < -0.4 is 5.32 Å². The lowest BCUT2D eigenvalue weighted by molar-refractivity contribution is 0.139. The second-order valence-corrected chi connectivity index (χ2v) is 8.90. The number of rotatable bonds is 4. The molecule has 0 amide bonds. The number of hydrogen-bond donors (Lipinski definition) is 3. The lowest BCUT2D eigenvalue weighted by atomic mass is 10.1. The second-order valence-electron chi connectivity index (χ2n) is 5.94. The highest BCUT2D eigenvalue weighted by Crippen LogP contribution is 2.55. The van der Waals surface area contributed by atoms with Gasteiger partial charge in [-0.15, -0.1) is 0 Å². The van der Waals surface area contributed by atoms with E-state index in [0.29, 0.717) is 29.0 Å². The third kappa shape index (κ3) is 5.18. The number of nitrogens with one attached hydrogen (secondary N) is 1. The van der Waals surface area contributed by atoms with Crippen LogP contribution in [0.1, 0.15) is 17.2 Å². The molecule has 0 unspecified atom stereocenters. The minimum Gasteiger partial charge on any atom is -0.491 e. The van der Waals surface area contributed by atoms with E-state index in [2.05, 4.69) is 5.32 Å². The van der Waals surface area contributed by atoms with E-state index in [1.54, 1.807) is 6.07 Å². The Labute approximate surface area is 157 Å². The first-order valence-corrected chi connectivity index (χ1v) is 10.5. The molecule has 7 heteroatoms. The number of ether oxygens (including phenoxy) is 1. The van der Waals surface area contributed by atoms with Crippen molar-refractivity contribution in [2.75, 3.05) is 13.2 Å². The molecule has 0 saturated carbocycles. The maximum absolute atomic E-state index is 10.3. The largest absolute Gasteiger partial charge is 0.491 e. The maximum Gasteiger partial charge on any atom is 0.300 e. The minimum atomic E-state index is -3.20. The lowest BCUT2D eigenvalue weighted by Gasteiger charge is -2.27. The highest BCUT2D eigenvalue weighted by Gasteiger charge is 2.33. The summed E-state index contributed by atoms with van der Waals surface area (Å²) in [6.45, 7) is 0.803. The summed E-state index contributed by atoms with van der Waals surface area (Å²) >= 11 is 12.0. The molecule has 25 heavy (non-hydrogen) atoms. The number of halogens is 2. The molecule has 3 rings (SSSR count). The van der Waals surface area contributed by atoms with Crippen molar-refractivity contribution in [1.29, 1.82) is 0 Å². The molecule has 1 aliphatic rings. The Morgan fingerprint density at radius 2 is 1.88 bits per heavy atom. The van der Waals surface area contributed by atoms with Gasteiger partial charge in [0.2, 0.25) is 0 Å². The van der Waals surface area contributed by atoms with Gasteiger partial charge in [-0.2, -0.15) is 0 Å². The first-order valence-electron chi connectivity index (χ1n) is 7.83. The molecule has 132 valence electrons. The Hall–Kier alpha value is -1.13. The molecule has 0 aromatic heterocycles. The van der Waals surface area contributed by atoms with Crippen LogP contribution in [0.5, 0.6) is 0 Å². The molecule has 3 N–H and O–H groups in total. The van der Waals surface area contributed by atoms with Crippen LogP contribution in [0.15, 0.2) is 60.1 Å². The van der Waals surface area contributed by atoms with Gasteiger partial charge in [-0.3, -0.25) is 5.32 Å². The Morgan fingerprint density at radius 3 is 2.52 bits per heavy atom. The summed E-state index contributed by atoms with van der Waals surface area (Å²) in [6.07, 6.45) is 0.205. The maximum atomic E-state index is 10.3. The first-order chi connectivity index (χ1) is 11.9. The number of morpholine rings is 1. The molecule has 0 bridgehead atoms. The summed E-state index contributed by atoms with van der Waals surface area (Å²) in [4.78, 5) is 20.6. The average Bonchev–Trinajstić information content (AvgIpc) is 2.58. The SMILES string of the molecule is O[P+](O)(C=C1CN[C@H](c2ccc(Cl)c(Cl)c2)CO1)Cc1ccccc1. The van der Waals surface area contributed by atoms with Crippen molar-refractivity contribution in [2.24, 2.45) is 0 Å². The fourth-order valence-corrected chi connectivity index (χ4v) is 4.45. The van der Waals surface area contributed by atoms with Gasteiger partial charge in [-0.1, -0.05) is 59.6 Å². The molecule has 2 aromatic rings. The molecule has 1 atom stereocenters. The summed E-state index contributed by atoms with van der Waals surface area (Å²) < 4.78 is 5.72. The molecule has 1 saturated heterocycles. The van der Waals surface area contributed by atoms with E-state index in [1.807, 2.05) is 42.5 Å². The van der Waals surface area contributed by atoms with Crippen LogP contribution in [0.4, 0.5) is 0 Å². The van der Waals surface area contributed by atoms with Crippen LogP contribution in [0, 0.1) is 0 Å². The van der Waals surface area contributed by atoms with Gasteiger partial charge in [0.1, 0.15) is 18.5 Å². The monoisotopic (exact) mass is 398 g/mol. The zero-order valence-electron chi connectivity index (χ0n) is 13.4. The van der Waals surface area contributed by atoms with E-state index in [-0.39, 0.29) is 12.2 Å². The first kappa shape index (κ1) is 18.7. The van der Waals surface area contributed by atoms with Crippen LogP contribution in [0.3, 0.4) is 0 Å². The van der Waals surface area contributed by atoms with Crippen molar-refractivity contribution in [2.45, 2.75) is 12.2 Å². The predicted molar refractivity (Wildman–Crippen MR) is 103 cm³/mol. The smallest absolute Gasteiger partial charge is 0.300 e. The van der Waals surface area contributed by atoms with Crippen molar-refractivity contribution in [3.63, 3.8) is 0 Å². The van der Waals surface area contributed by atoms with Gasteiger partial charge in [0.25, 0.3) is 0 Å². The van der Waals surface area contributed by atoms with Crippen molar-refractivity contribution in [3.8, 4) is 0 Å². The van der Waals surface area contributed by atoms with Crippen molar-refractivity contribution >= 4 is 30.9 Å². The Balaban J connectivity index is 1.62.